The molecule has 0 aliphatic heterocycles. The maximum atomic E-state index is 13.9. The molecule has 1 aromatic carbocycles. The lowest BCUT2D eigenvalue weighted by Crippen LogP contribution is -2.30. The van der Waals surface area contributed by atoms with Gasteiger partial charge >= 0.3 is 0 Å². The Bertz CT molecular complexity index is 600. The van der Waals surface area contributed by atoms with Crippen molar-refractivity contribution in [2.24, 2.45) is 0 Å². The van der Waals surface area contributed by atoms with Crippen LogP contribution in [0.25, 0.3) is 0 Å². The zero-order valence-electron chi connectivity index (χ0n) is 11.9. The van der Waals surface area contributed by atoms with E-state index in [1.165, 1.54) is 24.4 Å². The normalized spacial score (nSPS) is 12.7. The van der Waals surface area contributed by atoms with Gasteiger partial charge in [-0.05, 0) is 42.3 Å². The minimum atomic E-state index is -0.393. The lowest BCUT2D eigenvalue weighted by molar-refractivity contribution is 0.457. The molecule has 2 rings (SSSR count). The van der Waals surface area contributed by atoms with Crippen molar-refractivity contribution in [3.63, 3.8) is 0 Å². The molecule has 0 bridgehead atoms. The maximum absolute atomic E-state index is 13.9. The third-order valence-electron chi connectivity index (χ3n) is 3.07. The van der Waals surface area contributed by atoms with Gasteiger partial charge in [0.05, 0.1) is 17.9 Å². The molecule has 1 unspecified atom stereocenters. The fourth-order valence-corrected chi connectivity index (χ4v) is 2.36. The highest BCUT2D eigenvalue weighted by Crippen LogP contribution is 2.22. The van der Waals surface area contributed by atoms with Gasteiger partial charge in [-0.25, -0.2) is 8.78 Å². The maximum Gasteiger partial charge on any atom is 0.141 e. The number of nitrogens with one attached hydrogen (secondary N) is 1. The van der Waals surface area contributed by atoms with Crippen LogP contribution >= 0.6 is 11.6 Å². The summed E-state index contributed by atoms with van der Waals surface area (Å²) in [7, 11) is 0. The van der Waals surface area contributed by atoms with Crippen LogP contribution in [0.3, 0.4) is 0 Å². The van der Waals surface area contributed by atoms with Gasteiger partial charge in [0.25, 0.3) is 0 Å². The number of hydrogen-bond acceptors (Lipinski definition) is 2. The third-order valence-corrected chi connectivity index (χ3v) is 3.31. The third kappa shape index (κ3) is 4.48. The smallest absolute Gasteiger partial charge is 0.141 e. The van der Waals surface area contributed by atoms with Gasteiger partial charge in [0.2, 0.25) is 0 Å². The topological polar surface area (TPSA) is 24.9 Å². The fraction of sp³-hybridized carbons (Fsp3) is 0.312. The van der Waals surface area contributed by atoms with Crippen molar-refractivity contribution in [3.8, 4) is 0 Å². The first-order valence-electron chi connectivity index (χ1n) is 6.77. The van der Waals surface area contributed by atoms with Crippen LogP contribution < -0.4 is 5.32 Å². The number of nitrogens with zero attached hydrogens (tertiary/aromatic N) is 1. The zero-order valence-corrected chi connectivity index (χ0v) is 12.7. The van der Waals surface area contributed by atoms with Crippen LogP contribution in [0.5, 0.6) is 0 Å². The van der Waals surface area contributed by atoms with E-state index in [0.717, 1.165) is 0 Å². The molecular weight excluding hydrogens is 294 g/mol. The van der Waals surface area contributed by atoms with Crippen LogP contribution in [0.2, 0.25) is 5.02 Å². The molecule has 1 N–H and O–H groups in total. The van der Waals surface area contributed by atoms with Crippen molar-refractivity contribution in [2.45, 2.75) is 32.4 Å². The van der Waals surface area contributed by atoms with E-state index in [2.05, 4.69) is 10.3 Å². The number of pyridine rings is 1. The average molecular weight is 311 g/mol. The predicted molar refractivity (Wildman–Crippen MR) is 80.3 cm³/mol. The Labute approximate surface area is 128 Å². The Morgan fingerprint density at radius 3 is 2.57 bits per heavy atom. The van der Waals surface area contributed by atoms with Crippen LogP contribution in [-0.2, 0) is 6.42 Å². The van der Waals surface area contributed by atoms with E-state index in [-0.39, 0.29) is 17.9 Å². The quantitative estimate of drug-likeness (QED) is 0.891. The van der Waals surface area contributed by atoms with Gasteiger partial charge in [-0.2, -0.15) is 0 Å². The van der Waals surface area contributed by atoms with Gasteiger partial charge < -0.3 is 5.32 Å². The number of benzene rings is 1. The van der Waals surface area contributed by atoms with Crippen molar-refractivity contribution in [3.05, 3.63) is 64.4 Å². The summed E-state index contributed by atoms with van der Waals surface area (Å²) in [4.78, 5) is 4.09. The van der Waals surface area contributed by atoms with E-state index in [4.69, 9.17) is 11.6 Å². The minimum absolute atomic E-state index is 0.184. The summed E-state index contributed by atoms with van der Waals surface area (Å²) in [6, 6.07) is 7.41. The number of aromatic nitrogens is 1. The van der Waals surface area contributed by atoms with Gasteiger partial charge in [-0.1, -0.05) is 25.4 Å². The Morgan fingerprint density at radius 2 is 1.95 bits per heavy atom. The van der Waals surface area contributed by atoms with Crippen molar-refractivity contribution in [1.82, 2.24) is 10.3 Å². The summed E-state index contributed by atoms with van der Waals surface area (Å²) in [6.07, 6.45) is 1.56. The molecule has 0 radical (unpaired) electrons. The second-order valence-corrected chi connectivity index (χ2v) is 5.65. The van der Waals surface area contributed by atoms with Crippen molar-refractivity contribution >= 4 is 11.6 Å². The van der Waals surface area contributed by atoms with Gasteiger partial charge in [-0.15, -0.1) is 0 Å². The van der Waals surface area contributed by atoms with E-state index < -0.39 is 5.82 Å². The Kier molecular flexibility index (Phi) is 5.26. The zero-order chi connectivity index (χ0) is 15.4. The van der Waals surface area contributed by atoms with Crippen LogP contribution in [0, 0.1) is 11.6 Å². The molecular formula is C16H17ClF2N2. The van der Waals surface area contributed by atoms with Crippen LogP contribution in [0.1, 0.15) is 31.1 Å². The minimum Gasteiger partial charge on any atom is -0.306 e. The lowest BCUT2D eigenvalue weighted by Gasteiger charge is -2.21. The molecule has 0 aliphatic carbocycles. The lowest BCUT2D eigenvalue weighted by atomic mass is 10.0. The average Bonchev–Trinajstić information content (AvgIpc) is 2.42. The molecule has 112 valence electrons. The second-order valence-electron chi connectivity index (χ2n) is 5.22. The predicted octanol–water partition coefficient (Wildman–Crippen LogP) is 4.30. The fourth-order valence-electron chi connectivity index (χ4n) is 2.16. The molecule has 0 fully saturated rings. The Morgan fingerprint density at radius 1 is 1.19 bits per heavy atom. The largest absolute Gasteiger partial charge is 0.306 e. The first-order chi connectivity index (χ1) is 9.95. The molecule has 0 saturated heterocycles. The summed E-state index contributed by atoms with van der Waals surface area (Å²) < 4.78 is 26.9. The molecule has 1 atom stereocenters. The molecule has 21 heavy (non-hydrogen) atoms. The van der Waals surface area contributed by atoms with E-state index in [1.807, 2.05) is 13.8 Å². The first kappa shape index (κ1) is 15.9. The number of halogens is 3. The standard InChI is InChI=1S/C16H17ClF2N2/c1-10(2)21-16(15-6-4-13(18)9-20-15)8-11-7-12(17)3-5-14(11)19/h3-7,9-10,16,21H,8H2,1-2H3. The highest BCUT2D eigenvalue weighted by Gasteiger charge is 2.17. The SMILES string of the molecule is CC(C)NC(Cc1cc(Cl)ccc1F)c1ccc(F)cn1. The van der Waals surface area contributed by atoms with Gasteiger partial charge in [0.15, 0.2) is 0 Å². The molecule has 2 nitrogen and oxygen atoms in total. The summed E-state index contributed by atoms with van der Waals surface area (Å²) in [5.74, 6) is -0.701. The van der Waals surface area contributed by atoms with Gasteiger partial charge in [-0.3, -0.25) is 4.98 Å². The van der Waals surface area contributed by atoms with Gasteiger partial charge in [0.1, 0.15) is 11.6 Å². The summed E-state index contributed by atoms with van der Waals surface area (Å²) in [5.41, 5.74) is 1.18. The first-order valence-corrected chi connectivity index (χ1v) is 7.15. The number of hydrogen-bond donors (Lipinski definition) is 1. The van der Waals surface area contributed by atoms with Crippen LogP contribution in [0.4, 0.5) is 8.78 Å². The molecule has 0 spiro atoms. The van der Waals surface area contributed by atoms with Crippen molar-refractivity contribution in [1.29, 1.82) is 0 Å². The highest BCUT2D eigenvalue weighted by molar-refractivity contribution is 6.30. The molecule has 1 aromatic heterocycles. The summed E-state index contributed by atoms with van der Waals surface area (Å²) in [5, 5.41) is 3.80. The van der Waals surface area contributed by atoms with E-state index in [1.54, 1.807) is 12.1 Å². The highest BCUT2D eigenvalue weighted by atomic mass is 35.5. The Hall–Kier alpha value is -1.52. The Balaban J connectivity index is 2.28. The van der Waals surface area contributed by atoms with E-state index in [9.17, 15) is 8.78 Å². The monoisotopic (exact) mass is 310 g/mol. The molecule has 0 saturated carbocycles. The van der Waals surface area contributed by atoms with Crippen molar-refractivity contribution < 1.29 is 8.78 Å². The van der Waals surface area contributed by atoms with Gasteiger partial charge in [0, 0.05) is 11.1 Å². The van der Waals surface area contributed by atoms with Crippen LogP contribution in [-0.4, -0.2) is 11.0 Å². The van der Waals surface area contributed by atoms with Crippen molar-refractivity contribution in [2.75, 3.05) is 0 Å². The molecule has 5 heteroatoms. The summed E-state index contributed by atoms with van der Waals surface area (Å²) >= 11 is 5.92. The number of rotatable bonds is 5. The molecule has 0 aliphatic rings. The summed E-state index contributed by atoms with van der Waals surface area (Å²) in [6.45, 7) is 3.98. The second kappa shape index (κ2) is 6.96. The van der Waals surface area contributed by atoms with E-state index >= 15 is 0 Å². The van der Waals surface area contributed by atoms with E-state index in [0.29, 0.717) is 22.7 Å². The molecule has 2 aromatic rings. The molecule has 0 amide bonds. The van der Waals surface area contributed by atoms with Crippen LogP contribution in [0.15, 0.2) is 36.5 Å². The molecule has 1 heterocycles.